The molecule has 0 radical (unpaired) electrons. The van der Waals surface area contributed by atoms with E-state index in [-0.39, 0.29) is 50.9 Å². The van der Waals surface area contributed by atoms with Crippen LogP contribution in [0.1, 0.15) is 190 Å². The number of hydrogen-bond acceptors (Lipinski definition) is 6. The van der Waals surface area contributed by atoms with Crippen LogP contribution >= 0.6 is 0 Å². The minimum Gasteiger partial charge on any atom is -0.464 e. The van der Waals surface area contributed by atoms with E-state index in [2.05, 4.69) is 33.0 Å². The Kier molecular flexibility index (Phi) is 33.1. The lowest BCUT2D eigenvalue weighted by atomic mass is 9.94. The minimum absolute atomic E-state index is 0. The van der Waals surface area contributed by atoms with E-state index < -0.39 is 0 Å². The molecule has 7 heteroatoms. The highest BCUT2D eigenvalue weighted by atomic mass is 16.5. The maximum atomic E-state index is 13.2. The highest BCUT2D eigenvalue weighted by Gasteiger charge is 2.22. The number of hydrogen-bond donors (Lipinski definition) is 1. The number of carbonyl (C=O) groups is 3. The number of likely N-dealkylation sites (N-methyl/N-ethyl adjacent to an activating group) is 1. The predicted molar refractivity (Wildman–Crippen MR) is 200 cm³/mol. The molecule has 0 saturated heterocycles. The zero-order valence-corrected chi connectivity index (χ0v) is 31.9. The Morgan fingerprint density at radius 2 is 0.830 bits per heavy atom. The van der Waals surface area contributed by atoms with Gasteiger partial charge in [-0.3, -0.25) is 14.4 Å². The van der Waals surface area contributed by atoms with Gasteiger partial charge in [0.2, 0.25) is 5.91 Å². The first kappa shape index (κ1) is 45.4. The molecule has 2 atom stereocenters. The molecule has 0 aromatic rings. The minimum atomic E-state index is -0.124. The number of nitrogens with one attached hydrogen (secondary N) is 1. The molecule has 0 aliphatic heterocycles. The molecule has 2 unspecified atom stereocenters. The number of nitrogens with zero attached hydrogens (tertiary/aromatic N) is 1. The van der Waals surface area contributed by atoms with Gasteiger partial charge in [0.1, 0.15) is 13.2 Å². The Labute approximate surface area is 292 Å². The van der Waals surface area contributed by atoms with Gasteiger partial charge in [-0.25, -0.2) is 0 Å². The number of ether oxygens (including phenoxy) is 2. The van der Waals surface area contributed by atoms with Crippen molar-refractivity contribution in [2.45, 2.75) is 189 Å². The summed E-state index contributed by atoms with van der Waals surface area (Å²) < 4.78 is 11.6. The number of amides is 1. The normalized spacial score (nSPS) is 12.5. The van der Waals surface area contributed by atoms with Gasteiger partial charge in [-0.1, -0.05) is 163 Å². The molecule has 280 valence electrons. The second kappa shape index (κ2) is 34.2. The monoisotopic (exact) mass is 669 g/mol. The lowest BCUT2D eigenvalue weighted by molar-refractivity contribution is -0.152. The predicted octanol–water partition coefficient (Wildman–Crippen LogP) is 10.4. The van der Waals surface area contributed by atoms with Crippen LogP contribution in [0.4, 0.5) is 0 Å². The number of esters is 2. The largest absolute Gasteiger partial charge is 0.464 e. The van der Waals surface area contributed by atoms with Crippen LogP contribution in [0.2, 0.25) is 0 Å². The molecular formula is C40H80N2O5. The highest BCUT2D eigenvalue weighted by Crippen LogP contribution is 2.22. The van der Waals surface area contributed by atoms with Crippen LogP contribution in [0, 0.1) is 11.8 Å². The summed E-state index contributed by atoms with van der Waals surface area (Å²) >= 11 is 0. The van der Waals surface area contributed by atoms with E-state index in [1.807, 2.05) is 6.92 Å². The van der Waals surface area contributed by atoms with Crippen molar-refractivity contribution in [3.05, 3.63) is 0 Å². The van der Waals surface area contributed by atoms with Gasteiger partial charge in [-0.05, 0) is 32.2 Å². The summed E-state index contributed by atoms with van der Waals surface area (Å²) in [5.74, 6) is -0.440. The molecule has 0 spiro atoms. The van der Waals surface area contributed by atoms with Gasteiger partial charge in [-0.2, -0.15) is 0 Å². The van der Waals surface area contributed by atoms with Gasteiger partial charge in [0, 0.05) is 1.43 Å². The van der Waals surface area contributed by atoms with Crippen molar-refractivity contribution >= 4 is 17.8 Å². The van der Waals surface area contributed by atoms with Crippen LogP contribution < -0.4 is 5.32 Å². The number of carbonyl (C=O) groups excluding carboxylic acids is 3. The standard InChI is InChI=1S/C40H78N2O5.H2/c1-6-11-15-19-21-25-29-36(27-23-17-13-8-3)39(44)46-33-31-42(38(43)35-41-10-5)32-34-47-40(45)37(28-24-18-14-9-4)30-26-22-20-16-12-7-2;/h36-37,41H,6-35H2,1-5H3;1H. The van der Waals surface area contributed by atoms with Crippen molar-refractivity contribution in [1.82, 2.24) is 10.2 Å². The molecule has 1 amide bonds. The van der Waals surface area contributed by atoms with Crippen molar-refractivity contribution in [3.63, 3.8) is 0 Å². The molecular weight excluding hydrogens is 588 g/mol. The molecule has 0 heterocycles. The summed E-state index contributed by atoms with van der Waals surface area (Å²) in [5, 5.41) is 3.11. The Hall–Kier alpha value is -1.63. The molecule has 0 fully saturated rings. The lowest BCUT2D eigenvalue weighted by Crippen LogP contribution is -2.42. The van der Waals surface area contributed by atoms with Crippen molar-refractivity contribution in [2.24, 2.45) is 11.8 Å². The molecule has 0 bridgehead atoms. The fourth-order valence-electron chi connectivity index (χ4n) is 6.19. The van der Waals surface area contributed by atoms with Crippen LogP contribution in [-0.4, -0.2) is 62.1 Å². The molecule has 1 N–H and O–H groups in total. The SMILES string of the molecule is CCCCCCCCC(CCCCCC)C(=O)OCCN(CCOC(=O)C(CCCCCC)CCCCCCCC)C(=O)CNCC.[HH]. The fourth-order valence-corrected chi connectivity index (χ4v) is 6.19. The summed E-state index contributed by atoms with van der Waals surface area (Å²) in [6.07, 6.45) is 27.2. The summed E-state index contributed by atoms with van der Waals surface area (Å²) in [7, 11) is 0. The average molecular weight is 669 g/mol. The van der Waals surface area contributed by atoms with E-state index in [1.165, 1.54) is 89.9 Å². The quantitative estimate of drug-likeness (QED) is 0.0534. The molecule has 0 aliphatic rings. The first-order valence-corrected chi connectivity index (χ1v) is 20.3. The highest BCUT2D eigenvalue weighted by molar-refractivity contribution is 5.78. The summed E-state index contributed by atoms with van der Waals surface area (Å²) in [6.45, 7) is 12.7. The Balaban J connectivity index is 0. The zero-order chi connectivity index (χ0) is 34.8. The van der Waals surface area contributed by atoms with Crippen LogP contribution in [0.3, 0.4) is 0 Å². The van der Waals surface area contributed by atoms with Crippen LogP contribution in [0.15, 0.2) is 0 Å². The second-order valence-corrected chi connectivity index (χ2v) is 13.7. The van der Waals surface area contributed by atoms with Crippen LogP contribution in [0.25, 0.3) is 0 Å². The van der Waals surface area contributed by atoms with Crippen LogP contribution in [0.5, 0.6) is 0 Å². The Morgan fingerprint density at radius 3 is 1.17 bits per heavy atom. The van der Waals surface area contributed by atoms with Gasteiger partial charge >= 0.3 is 11.9 Å². The molecule has 0 saturated carbocycles. The third-order valence-corrected chi connectivity index (χ3v) is 9.38. The molecule has 0 aliphatic carbocycles. The Bertz CT molecular complexity index is 688. The first-order chi connectivity index (χ1) is 22.9. The molecule has 47 heavy (non-hydrogen) atoms. The van der Waals surface area contributed by atoms with E-state index in [0.717, 1.165) is 64.2 Å². The van der Waals surface area contributed by atoms with E-state index in [9.17, 15) is 14.4 Å². The van der Waals surface area contributed by atoms with Gasteiger partial charge in [0.25, 0.3) is 0 Å². The molecule has 7 nitrogen and oxygen atoms in total. The van der Waals surface area contributed by atoms with Gasteiger partial charge in [0.05, 0.1) is 31.5 Å². The first-order valence-electron chi connectivity index (χ1n) is 20.3. The third kappa shape index (κ3) is 26.9. The van der Waals surface area contributed by atoms with Gasteiger partial charge in [0.15, 0.2) is 0 Å². The molecule has 0 rings (SSSR count). The van der Waals surface area contributed by atoms with Gasteiger partial charge < -0.3 is 19.7 Å². The van der Waals surface area contributed by atoms with Crippen molar-refractivity contribution in [2.75, 3.05) is 39.4 Å². The summed E-state index contributed by atoms with van der Waals surface area (Å²) in [5.41, 5.74) is 0. The van der Waals surface area contributed by atoms with E-state index in [1.54, 1.807) is 4.90 Å². The fraction of sp³-hybridized carbons (Fsp3) is 0.925. The summed E-state index contributed by atoms with van der Waals surface area (Å²) in [4.78, 5) is 41.0. The Morgan fingerprint density at radius 1 is 0.511 bits per heavy atom. The maximum Gasteiger partial charge on any atom is 0.308 e. The lowest BCUT2D eigenvalue weighted by Gasteiger charge is -2.24. The number of unbranched alkanes of at least 4 members (excludes halogenated alkanes) is 16. The van der Waals surface area contributed by atoms with E-state index in [4.69, 9.17) is 9.47 Å². The van der Waals surface area contributed by atoms with E-state index >= 15 is 0 Å². The topological polar surface area (TPSA) is 84.9 Å². The van der Waals surface area contributed by atoms with Crippen molar-refractivity contribution in [3.8, 4) is 0 Å². The average Bonchev–Trinajstić information content (AvgIpc) is 3.07. The van der Waals surface area contributed by atoms with Gasteiger partial charge in [-0.15, -0.1) is 0 Å². The smallest absolute Gasteiger partial charge is 0.308 e. The number of rotatable bonds is 35. The van der Waals surface area contributed by atoms with Crippen LogP contribution in [-0.2, 0) is 23.9 Å². The van der Waals surface area contributed by atoms with Crippen molar-refractivity contribution in [1.29, 1.82) is 0 Å². The summed E-state index contributed by atoms with van der Waals surface area (Å²) in [6, 6.07) is 0. The second-order valence-electron chi connectivity index (χ2n) is 13.7. The molecule has 0 aromatic carbocycles. The van der Waals surface area contributed by atoms with Crippen molar-refractivity contribution < 1.29 is 25.3 Å². The maximum absolute atomic E-state index is 13.2. The zero-order valence-electron chi connectivity index (χ0n) is 31.9. The molecule has 0 aromatic heterocycles. The third-order valence-electron chi connectivity index (χ3n) is 9.38. The van der Waals surface area contributed by atoms with E-state index in [0.29, 0.717) is 19.6 Å².